The molecule has 13 nitrogen and oxygen atoms in total. The molecule has 4 atom stereocenters. The number of benzene rings is 1. The quantitative estimate of drug-likeness (QED) is 0.465. The summed E-state index contributed by atoms with van der Waals surface area (Å²) in [5.74, 6) is -0.465. The Kier molecular flexibility index (Phi) is 6.20. The summed E-state index contributed by atoms with van der Waals surface area (Å²) < 4.78 is 25.1. The molecule has 0 radical (unpaired) electrons. The molecular formula is C23H27N7O6. The number of fused-ring (bicyclic) bond motifs is 2. The fraction of sp³-hybridized carbons (Fsp3) is 0.435. The Morgan fingerprint density at radius 3 is 2.67 bits per heavy atom. The zero-order valence-electron chi connectivity index (χ0n) is 20.2. The SMILES string of the molecule is CCNC(=O)[C@H]1O[C@@H](n2cnc3c(NC(=O)Nc4ccccc4OC)ncnc32)[C@@H]2OC(C)(C)O[C@@H]21. The number of hydrogen-bond donors (Lipinski definition) is 3. The first kappa shape index (κ1) is 23.9. The summed E-state index contributed by atoms with van der Waals surface area (Å²) in [6, 6.07) is 6.50. The highest BCUT2D eigenvalue weighted by Crippen LogP contribution is 2.44. The molecule has 2 aliphatic heterocycles. The summed E-state index contributed by atoms with van der Waals surface area (Å²) in [4.78, 5) is 38.3. The van der Waals surface area contributed by atoms with Crippen molar-refractivity contribution >= 4 is 34.6 Å². The van der Waals surface area contributed by atoms with E-state index in [9.17, 15) is 9.59 Å². The number of imidazole rings is 1. The number of aromatic nitrogens is 4. The van der Waals surface area contributed by atoms with Gasteiger partial charge in [-0.3, -0.25) is 14.7 Å². The van der Waals surface area contributed by atoms with Gasteiger partial charge in [0.05, 0.1) is 19.1 Å². The summed E-state index contributed by atoms with van der Waals surface area (Å²) in [7, 11) is 1.52. The third-order valence-electron chi connectivity index (χ3n) is 5.86. The molecule has 5 rings (SSSR count). The smallest absolute Gasteiger partial charge is 0.325 e. The standard InChI is InChI=1S/C23H27N7O6/c1-5-24-20(31)16-15-17(36-23(2,3)35-15)21(34-16)30-11-27-14-18(25-10-26-19(14)30)29-22(32)28-12-8-6-7-9-13(12)33-4/h6-11,15-17,21H,5H2,1-4H3,(H,24,31)(H2,25,26,28,29,32)/t15-,16+,17-,21-/m1/s1. The van der Waals surface area contributed by atoms with Gasteiger partial charge >= 0.3 is 6.03 Å². The molecule has 4 heterocycles. The number of rotatable bonds is 6. The van der Waals surface area contributed by atoms with E-state index in [1.54, 1.807) is 42.7 Å². The molecule has 0 spiro atoms. The molecule has 13 heteroatoms. The maximum absolute atomic E-state index is 12.7. The van der Waals surface area contributed by atoms with E-state index in [4.69, 9.17) is 18.9 Å². The van der Waals surface area contributed by atoms with E-state index in [0.29, 0.717) is 29.1 Å². The molecule has 2 aromatic heterocycles. The first-order valence-electron chi connectivity index (χ1n) is 11.5. The third kappa shape index (κ3) is 4.32. The first-order chi connectivity index (χ1) is 17.3. The minimum absolute atomic E-state index is 0.199. The molecule has 0 bridgehead atoms. The summed E-state index contributed by atoms with van der Waals surface area (Å²) in [6.07, 6.45) is 0.0252. The molecule has 3 N–H and O–H groups in total. The van der Waals surface area contributed by atoms with Gasteiger partial charge in [0.25, 0.3) is 5.91 Å². The molecule has 36 heavy (non-hydrogen) atoms. The van der Waals surface area contributed by atoms with Crippen LogP contribution in [0.4, 0.5) is 16.3 Å². The van der Waals surface area contributed by atoms with E-state index < -0.39 is 36.4 Å². The van der Waals surface area contributed by atoms with Crippen molar-refractivity contribution in [1.29, 1.82) is 0 Å². The Balaban J connectivity index is 1.41. The van der Waals surface area contributed by atoms with Crippen LogP contribution in [0.1, 0.15) is 27.0 Å². The van der Waals surface area contributed by atoms with Crippen molar-refractivity contribution < 1.29 is 28.5 Å². The molecule has 190 valence electrons. The van der Waals surface area contributed by atoms with Crippen LogP contribution < -0.4 is 20.7 Å². The van der Waals surface area contributed by atoms with Crippen LogP contribution >= 0.6 is 0 Å². The minimum Gasteiger partial charge on any atom is -0.495 e. The molecule has 0 saturated carbocycles. The summed E-state index contributed by atoms with van der Waals surface area (Å²) in [5, 5.41) is 8.20. The number of hydrogen-bond acceptors (Lipinski definition) is 9. The van der Waals surface area contributed by atoms with Crippen molar-refractivity contribution in [2.24, 2.45) is 0 Å². The van der Waals surface area contributed by atoms with Gasteiger partial charge in [-0.15, -0.1) is 0 Å². The lowest BCUT2D eigenvalue weighted by molar-refractivity contribution is -0.197. The number of anilines is 2. The van der Waals surface area contributed by atoms with E-state index in [2.05, 4.69) is 30.9 Å². The van der Waals surface area contributed by atoms with Crippen LogP contribution in [0.5, 0.6) is 5.75 Å². The topological polar surface area (TPSA) is 151 Å². The molecule has 3 amide bonds. The van der Waals surface area contributed by atoms with Crippen LogP contribution in [-0.4, -0.2) is 69.2 Å². The van der Waals surface area contributed by atoms with Crippen molar-refractivity contribution in [2.45, 2.75) is 51.1 Å². The highest BCUT2D eigenvalue weighted by molar-refractivity contribution is 6.03. The lowest BCUT2D eigenvalue weighted by Crippen LogP contribution is -2.42. The lowest BCUT2D eigenvalue weighted by Gasteiger charge is -2.24. The summed E-state index contributed by atoms with van der Waals surface area (Å²) in [6.45, 7) is 5.86. The molecule has 2 saturated heterocycles. The molecule has 0 unspecified atom stereocenters. The average Bonchev–Trinajstić information content (AvgIpc) is 3.50. The maximum Gasteiger partial charge on any atom is 0.325 e. The number of methoxy groups -OCH3 is 1. The fourth-order valence-corrected chi connectivity index (χ4v) is 4.43. The largest absolute Gasteiger partial charge is 0.495 e. The van der Waals surface area contributed by atoms with Crippen LogP contribution in [0.2, 0.25) is 0 Å². The maximum atomic E-state index is 12.7. The number of nitrogens with zero attached hydrogens (tertiary/aromatic N) is 4. The third-order valence-corrected chi connectivity index (χ3v) is 5.86. The van der Waals surface area contributed by atoms with Crippen molar-refractivity contribution in [1.82, 2.24) is 24.8 Å². The van der Waals surface area contributed by atoms with E-state index in [1.165, 1.54) is 19.8 Å². The van der Waals surface area contributed by atoms with Crippen LogP contribution in [0.3, 0.4) is 0 Å². The second-order valence-electron chi connectivity index (χ2n) is 8.73. The van der Waals surface area contributed by atoms with Gasteiger partial charge in [0.1, 0.15) is 24.3 Å². The minimum atomic E-state index is -0.892. The van der Waals surface area contributed by atoms with Crippen LogP contribution in [0, 0.1) is 0 Å². The Morgan fingerprint density at radius 2 is 1.89 bits per heavy atom. The lowest BCUT2D eigenvalue weighted by atomic mass is 10.1. The zero-order chi connectivity index (χ0) is 25.4. The van der Waals surface area contributed by atoms with Gasteiger partial charge in [-0.2, -0.15) is 0 Å². The summed E-state index contributed by atoms with van der Waals surface area (Å²) >= 11 is 0. The van der Waals surface area contributed by atoms with E-state index in [-0.39, 0.29) is 11.7 Å². The Labute approximate surface area is 206 Å². The molecule has 1 aromatic carbocycles. The van der Waals surface area contributed by atoms with Gasteiger partial charge in [0.15, 0.2) is 35.1 Å². The van der Waals surface area contributed by atoms with Crippen molar-refractivity contribution in [3.05, 3.63) is 36.9 Å². The van der Waals surface area contributed by atoms with Crippen molar-refractivity contribution in [3.8, 4) is 5.75 Å². The van der Waals surface area contributed by atoms with Crippen LogP contribution in [0.15, 0.2) is 36.9 Å². The molecule has 2 fully saturated rings. The van der Waals surface area contributed by atoms with E-state index in [1.807, 2.05) is 6.92 Å². The second kappa shape index (κ2) is 9.33. The normalized spacial score (nSPS) is 24.3. The number of urea groups is 1. The van der Waals surface area contributed by atoms with Gasteiger partial charge in [-0.25, -0.2) is 19.7 Å². The number of para-hydroxylation sites is 2. The summed E-state index contributed by atoms with van der Waals surface area (Å²) in [5.41, 5.74) is 1.23. The average molecular weight is 498 g/mol. The van der Waals surface area contributed by atoms with E-state index in [0.717, 1.165) is 0 Å². The van der Waals surface area contributed by atoms with Gasteiger partial charge in [0.2, 0.25) is 0 Å². The number of ether oxygens (including phenoxy) is 4. The first-order valence-corrected chi connectivity index (χ1v) is 11.5. The molecule has 3 aromatic rings. The molecule has 2 aliphatic rings. The Hall–Kier alpha value is -3.81. The van der Waals surface area contributed by atoms with Crippen molar-refractivity contribution in [3.63, 3.8) is 0 Å². The highest BCUT2D eigenvalue weighted by atomic mass is 16.8. The predicted octanol–water partition coefficient (Wildman–Crippen LogP) is 2.03. The Bertz CT molecular complexity index is 1290. The van der Waals surface area contributed by atoms with Gasteiger partial charge in [-0.1, -0.05) is 12.1 Å². The number of amides is 3. The van der Waals surface area contributed by atoms with Crippen molar-refractivity contribution in [2.75, 3.05) is 24.3 Å². The monoisotopic (exact) mass is 497 g/mol. The van der Waals surface area contributed by atoms with E-state index >= 15 is 0 Å². The van der Waals surface area contributed by atoms with Gasteiger partial charge in [-0.05, 0) is 32.9 Å². The van der Waals surface area contributed by atoms with Gasteiger partial charge < -0.3 is 29.6 Å². The number of nitrogens with one attached hydrogen (secondary N) is 3. The molecular weight excluding hydrogens is 470 g/mol. The van der Waals surface area contributed by atoms with Crippen LogP contribution in [-0.2, 0) is 19.0 Å². The number of carbonyl (C=O) groups excluding carboxylic acids is 2. The second-order valence-corrected chi connectivity index (χ2v) is 8.73. The zero-order valence-corrected chi connectivity index (χ0v) is 20.2. The highest BCUT2D eigenvalue weighted by Gasteiger charge is 2.58. The molecule has 0 aliphatic carbocycles. The van der Waals surface area contributed by atoms with Gasteiger partial charge in [0, 0.05) is 6.54 Å². The van der Waals surface area contributed by atoms with Crippen LogP contribution in [0.25, 0.3) is 11.2 Å². The number of likely N-dealkylation sites (N-methyl/N-ethyl adjacent to an activating group) is 1. The number of carbonyl (C=O) groups is 2. The Morgan fingerprint density at radius 1 is 1.11 bits per heavy atom. The predicted molar refractivity (Wildman–Crippen MR) is 127 cm³/mol. The fourth-order valence-electron chi connectivity index (χ4n) is 4.43.